The van der Waals surface area contributed by atoms with E-state index in [0.29, 0.717) is 29.1 Å². The van der Waals surface area contributed by atoms with Crippen LogP contribution in [0.15, 0.2) is 37.2 Å². The molecule has 1 fully saturated rings. The molecule has 0 aliphatic heterocycles. The topological polar surface area (TPSA) is 85.3 Å². The summed E-state index contributed by atoms with van der Waals surface area (Å²) in [5.41, 5.74) is 7.93. The molecule has 0 aromatic carbocycles. The number of imidazole rings is 1. The summed E-state index contributed by atoms with van der Waals surface area (Å²) in [6, 6.07) is 3.11. The number of amides is 1. The molecule has 2 atom stereocenters. The highest BCUT2D eigenvalue weighted by molar-refractivity contribution is 7.15. The Hall–Kier alpha value is -2.65. The maximum absolute atomic E-state index is 14.2. The molecule has 3 heterocycles. The Morgan fingerprint density at radius 3 is 3.07 bits per heavy atom. The number of rotatable bonds is 4. The first-order valence-corrected chi connectivity index (χ1v) is 9.72. The van der Waals surface area contributed by atoms with Crippen LogP contribution in [0.2, 0.25) is 0 Å². The molecule has 1 amide bonds. The van der Waals surface area contributed by atoms with E-state index in [2.05, 4.69) is 22.0 Å². The molecule has 2 unspecified atom stereocenters. The highest BCUT2D eigenvalue weighted by Crippen LogP contribution is 2.35. The summed E-state index contributed by atoms with van der Waals surface area (Å²) >= 11 is 1.18. The van der Waals surface area contributed by atoms with Gasteiger partial charge in [0, 0.05) is 29.1 Å². The first-order valence-electron chi connectivity index (χ1n) is 8.90. The van der Waals surface area contributed by atoms with E-state index in [-0.39, 0.29) is 6.42 Å². The van der Waals surface area contributed by atoms with Gasteiger partial charge >= 0.3 is 0 Å². The molecule has 0 spiro atoms. The summed E-state index contributed by atoms with van der Waals surface area (Å²) in [7, 11) is 0. The number of nitrogens with two attached hydrogens (primary N) is 1. The number of nitrogens with zero attached hydrogens (tertiary/aromatic N) is 3. The minimum absolute atomic E-state index is 0.271. The number of carbonyl (C=O) groups excluding carboxylic acids is 1. The monoisotopic (exact) mass is 403 g/mol. The third kappa shape index (κ3) is 3.20. The van der Waals surface area contributed by atoms with E-state index < -0.39 is 23.9 Å². The quantitative estimate of drug-likeness (QED) is 0.700. The van der Waals surface area contributed by atoms with E-state index in [0.717, 1.165) is 10.4 Å². The third-order valence-electron chi connectivity index (χ3n) is 4.94. The Bertz CT molecular complexity index is 1040. The predicted molar refractivity (Wildman–Crippen MR) is 104 cm³/mol. The van der Waals surface area contributed by atoms with Gasteiger partial charge in [0.05, 0.1) is 16.8 Å². The lowest BCUT2D eigenvalue weighted by Gasteiger charge is -2.36. The van der Waals surface area contributed by atoms with E-state index in [1.54, 1.807) is 35.1 Å². The van der Waals surface area contributed by atoms with Crippen LogP contribution in [0.4, 0.5) is 8.78 Å². The van der Waals surface area contributed by atoms with Gasteiger partial charge in [0.25, 0.3) is 11.8 Å². The van der Waals surface area contributed by atoms with Crippen molar-refractivity contribution in [3.63, 3.8) is 0 Å². The van der Waals surface area contributed by atoms with Gasteiger partial charge in [-0.25, -0.2) is 18.3 Å². The van der Waals surface area contributed by atoms with Crippen molar-refractivity contribution >= 4 is 29.0 Å². The zero-order valence-electron chi connectivity index (χ0n) is 14.9. The minimum Gasteiger partial charge on any atom is -0.341 e. The number of alkyl halides is 2. The number of nitrogens with one attached hydrogen (secondary N) is 1. The highest BCUT2D eigenvalue weighted by Gasteiger charge is 2.46. The Kier molecular flexibility index (Phi) is 4.72. The normalized spacial score (nSPS) is 21.5. The van der Waals surface area contributed by atoms with Gasteiger partial charge in [-0.05, 0) is 31.0 Å². The lowest BCUT2D eigenvalue weighted by Crippen LogP contribution is -2.59. The van der Waals surface area contributed by atoms with Gasteiger partial charge in [0.2, 0.25) is 0 Å². The summed E-state index contributed by atoms with van der Waals surface area (Å²) < 4.78 is 30.1. The van der Waals surface area contributed by atoms with Crippen molar-refractivity contribution in [1.82, 2.24) is 19.9 Å². The SMILES string of the molecule is C=Cc1sc(C(=O)NC2C(N)CCCC2(F)F)cc1-c1cnc2cccnn12. The molecule has 3 N–H and O–H groups in total. The van der Waals surface area contributed by atoms with Crippen LogP contribution in [0.1, 0.15) is 33.8 Å². The van der Waals surface area contributed by atoms with Crippen molar-refractivity contribution in [2.24, 2.45) is 5.73 Å². The molecule has 0 radical (unpaired) electrons. The van der Waals surface area contributed by atoms with Crippen molar-refractivity contribution in [3.8, 4) is 11.3 Å². The number of aromatic nitrogens is 3. The van der Waals surface area contributed by atoms with E-state index in [1.165, 1.54) is 11.3 Å². The Morgan fingerprint density at radius 2 is 2.32 bits per heavy atom. The number of thiophene rings is 1. The largest absolute Gasteiger partial charge is 0.341 e. The second kappa shape index (κ2) is 7.06. The molecular formula is C19H19F2N5OS. The molecule has 0 saturated heterocycles. The fourth-order valence-electron chi connectivity index (χ4n) is 3.52. The van der Waals surface area contributed by atoms with Crippen molar-refractivity contribution < 1.29 is 13.6 Å². The number of fused-ring (bicyclic) bond motifs is 1. The van der Waals surface area contributed by atoms with Gasteiger partial charge in [0.1, 0.15) is 6.04 Å². The first-order chi connectivity index (χ1) is 13.4. The molecule has 1 saturated carbocycles. The van der Waals surface area contributed by atoms with E-state index in [1.807, 2.05) is 6.07 Å². The zero-order chi connectivity index (χ0) is 19.9. The number of carbonyl (C=O) groups is 1. The molecule has 4 rings (SSSR count). The van der Waals surface area contributed by atoms with Crippen LogP contribution in [0.3, 0.4) is 0 Å². The standard InChI is InChI=1S/C19H19F2N5OS/c1-2-14-11(13-10-23-16-6-4-8-24-26(13)16)9-15(28-14)18(27)25-17-12(22)5-3-7-19(17,20)21/h2,4,6,8-10,12,17H,1,3,5,7,22H2,(H,25,27). The number of halogens is 2. The van der Waals surface area contributed by atoms with Crippen LogP contribution in [0.25, 0.3) is 23.0 Å². The number of hydrogen-bond acceptors (Lipinski definition) is 5. The summed E-state index contributed by atoms with van der Waals surface area (Å²) in [4.78, 5) is 18.0. The van der Waals surface area contributed by atoms with Crippen LogP contribution in [0, 0.1) is 0 Å². The molecule has 0 bridgehead atoms. The second-order valence-electron chi connectivity index (χ2n) is 6.80. The number of hydrogen-bond donors (Lipinski definition) is 2. The van der Waals surface area contributed by atoms with Crippen LogP contribution in [-0.4, -0.2) is 38.5 Å². The van der Waals surface area contributed by atoms with Crippen molar-refractivity contribution in [3.05, 3.63) is 46.9 Å². The van der Waals surface area contributed by atoms with Crippen LogP contribution >= 0.6 is 11.3 Å². The van der Waals surface area contributed by atoms with Crippen LogP contribution < -0.4 is 11.1 Å². The lowest BCUT2D eigenvalue weighted by molar-refractivity contribution is -0.0674. The Balaban J connectivity index is 1.66. The third-order valence-corrected chi connectivity index (χ3v) is 6.07. The van der Waals surface area contributed by atoms with Gasteiger partial charge < -0.3 is 11.1 Å². The molecule has 28 heavy (non-hydrogen) atoms. The molecule has 146 valence electrons. The summed E-state index contributed by atoms with van der Waals surface area (Å²) in [5, 5.41) is 6.72. The zero-order valence-corrected chi connectivity index (χ0v) is 15.8. The fourth-order valence-corrected chi connectivity index (χ4v) is 4.44. The van der Waals surface area contributed by atoms with Gasteiger partial charge in [-0.1, -0.05) is 12.7 Å². The van der Waals surface area contributed by atoms with Crippen LogP contribution in [-0.2, 0) is 0 Å². The van der Waals surface area contributed by atoms with Crippen molar-refractivity contribution in [2.75, 3.05) is 0 Å². The van der Waals surface area contributed by atoms with Gasteiger partial charge in [-0.2, -0.15) is 5.10 Å². The minimum atomic E-state index is -3.01. The highest BCUT2D eigenvalue weighted by atomic mass is 32.1. The maximum atomic E-state index is 14.2. The molecular weight excluding hydrogens is 384 g/mol. The van der Waals surface area contributed by atoms with Crippen LogP contribution in [0.5, 0.6) is 0 Å². The maximum Gasteiger partial charge on any atom is 0.269 e. The van der Waals surface area contributed by atoms with Gasteiger partial charge in [-0.15, -0.1) is 11.3 Å². The molecule has 1 aliphatic carbocycles. The van der Waals surface area contributed by atoms with Gasteiger partial charge in [-0.3, -0.25) is 4.79 Å². The molecule has 9 heteroatoms. The molecule has 3 aromatic rings. The summed E-state index contributed by atoms with van der Waals surface area (Å²) in [6.07, 6.45) is 5.46. The first kappa shape index (κ1) is 18.7. The molecule has 1 aliphatic rings. The fraction of sp³-hybridized carbons (Fsp3) is 0.316. The summed E-state index contributed by atoms with van der Waals surface area (Å²) in [6.45, 7) is 3.79. The van der Waals surface area contributed by atoms with E-state index >= 15 is 0 Å². The van der Waals surface area contributed by atoms with E-state index in [9.17, 15) is 13.6 Å². The Morgan fingerprint density at radius 1 is 1.50 bits per heavy atom. The smallest absolute Gasteiger partial charge is 0.269 e. The van der Waals surface area contributed by atoms with Crippen molar-refractivity contribution in [1.29, 1.82) is 0 Å². The Labute approximate surface area is 164 Å². The lowest BCUT2D eigenvalue weighted by atomic mass is 9.87. The van der Waals surface area contributed by atoms with Crippen molar-refractivity contribution in [2.45, 2.75) is 37.3 Å². The predicted octanol–water partition coefficient (Wildman–Crippen LogP) is 3.35. The average molecular weight is 403 g/mol. The molecule has 6 nitrogen and oxygen atoms in total. The molecule has 3 aromatic heterocycles. The van der Waals surface area contributed by atoms with Gasteiger partial charge in [0.15, 0.2) is 5.65 Å². The average Bonchev–Trinajstić information content (AvgIpc) is 3.28. The second-order valence-corrected chi connectivity index (χ2v) is 7.88. The van der Waals surface area contributed by atoms with E-state index in [4.69, 9.17) is 5.73 Å². The summed E-state index contributed by atoms with van der Waals surface area (Å²) in [5.74, 6) is -3.58.